The Labute approximate surface area is 168 Å². The number of para-hydroxylation sites is 1. The van der Waals surface area contributed by atoms with Gasteiger partial charge in [-0.05, 0) is 36.8 Å². The number of hydrogen-bond donors (Lipinski definition) is 2. The molecule has 3 aromatic carbocycles. The van der Waals surface area contributed by atoms with Gasteiger partial charge in [-0.15, -0.1) is 0 Å². The molecular weight excluding hydrogens is 364 g/mol. The van der Waals surface area contributed by atoms with Crippen LogP contribution in [0.15, 0.2) is 73.3 Å². The molecule has 1 aliphatic carbocycles. The van der Waals surface area contributed by atoms with E-state index in [0.29, 0.717) is 33.6 Å². The molecule has 3 aromatic rings. The van der Waals surface area contributed by atoms with Gasteiger partial charge in [0.05, 0.1) is 16.9 Å². The van der Waals surface area contributed by atoms with E-state index in [1.54, 1.807) is 37.3 Å². The molecule has 5 nitrogen and oxygen atoms in total. The van der Waals surface area contributed by atoms with Gasteiger partial charge in [-0.25, -0.2) is 0 Å². The van der Waals surface area contributed by atoms with Crippen molar-refractivity contribution < 1.29 is 14.4 Å². The zero-order chi connectivity index (χ0) is 20.5. The molecule has 0 aromatic heterocycles. The number of anilines is 3. The number of aryl methyl sites for hydroxylation is 1. The maximum Gasteiger partial charge on any atom is 0.247 e. The molecular formula is C24H18N2O3. The first-order valence-corrected chi connectivity index (χ1v) is 9.12. The fourth-order valence-electron chi connectivity index (χ4n) is 3.56. The van der Waals surface area contributed by atoms with E-state index in [-0.39, 0.29) is 17.1 Å². The second-order valence-corrected chi connectivity index (χ2v) is 6.75. The lowest BCUT2D eigenvalue weighted by Gasteiger charge is -2.25. The van der Waals surface area contributed by atoms with Crippen molar-refractivity contribution in [1.82, 2.24) is 0 Å². The van der Waals surface area contributed by atoms with E-state index >= 15 is 0 Å². The molecule has 1 amide bonds. The maximum atomic E-state index is 13.4. The van der Waals surface area contributed by atoms with Crippen LogP contribution in [0.4, 0.5) is 17.1 Å². The molecule has 0 unspecified atom stereocenters. The molecule has 0 saturated carbocycles. The van der Waals surface area contributed by atoms with Crippen molar-refractivity contribution in [2.24, 2.45) is 0 Å². The maximum absolute atomic E-state index is 13.4. The van der Waals surface area contributed by atoms with Crippen molar-refractivity contribution in [3.8, 4) is 0 Å². The molecule has 0 bridgehead atoms. The Morgan fingerprint density at radius 2 is 1.48 bits per heavy atom. The third-order valence-electron chi connectivity index (χ3n) is 4.88. The Hall–Kier alpha value is -3.99. The number of benzene rings is 3. The van der Waals surface area contributed by atoms with Crippen LogP contribution in [0.5, 0.6) is 0 Å². The minimum atomic E-state index is -0.407. The van der Waals surface area contributed by atoms with E-state index in [1.807, 2.05) is 30.3 Å². The van der Waals surface area contributed by atoms with Gasteiger partial charge >= 0.3 is 0 Å². The summed E-state index contributed by atoms with van der Waals surface area (Å²) in [5, 5.41) is 5.96. The molecule has 0 heterocycles. The normalized spacial score (nSPS) is 12.0. The summed E-state index contributed by atoms with van der Waals surface area (Å²) in [4.78, 5) is 38.6. The number of rotatable bonds is 4. The van der Waals surface area contributed by atoms with Gasteiger partial charge in [-0.2, -0.15) is 0 Å². The predicted octanol–water partition coefficient (Wildman–Crippen LogP) is 4.64. The summed E-state index contributed by atoms with van der Waals surface area (Å²) in [5.74, 6) is -0.868. The Bertz CT molecular complexity index is 1180. The van der Waals surface area contributed by atoms with Crippen molar-refractivity contribution in [1.29, 1.82) is 0 Å². The molecule has 2 N–H and O–H groups in total. The Balaban J connectivity index is 1.98. The summed E-state index contributed by atoms with van der Waals surface area (Å²) >= 11 is 0. The largest absolute Gasteiger partial charge is 0.353 e. The van der Waals surface area contributed by atoms with Gasteiger partial charge in [0.15, 0.2) is 11.6 Å². The molecule has 0 radical (unpaired) electrons. The predicted molar refractivity (Wildman–Crippen MR) is 113 cm³/mol. The molecule has 1 aliphatic rings. The zero-order valence-corrected chi connectivity index (χ0v) is 15.8. The Morgan fingerprint density at radius 1 is 0.897 bits per heavy atom. The van der Waals surface area contributed by atoms with Crippen molar-refractivity contribution in [2.45, 2.75) is 6.92 Å². The molecule has 142 valence electrons. The quantitative estimate of drug-likeness (QED) is 0.504. The van der Waals surface area contributed by atoms with Crippen molar-refractivity contribution in [3.63, 3.8) is 0 Å². The van der Waals surface area contributed by atoms with Crippen LogP contribution in [0.1, 0.15) is 37.4 Å². The topological polar surface area (TPSA) is 75.3 Å². The van der Waals surface area contributed by atoms with Gasteiger partial charge in [0.1, 0.15) is 0 Å². The van der Waals surface area contributed by atoms with Gasteiger partial charge in [0.2, 0.25) is 5.91 Å². The van der Waals surface area contributed by atoms with E-state index in [2.05, 4.69) is 17.2 Å². The SMILES string of the molecule is C=CC(=O)Nc1cc(C)c2c(c1Nc1ccccc1)C(=O)c1ccccc1C2=O. The highest BCUT2D eigenvalue weighted by Crippen LogP contribution is 2.40. The minimum Gasteiger partial charge on any atom is -0.353 e. The number of nitrogens with one attached hydrogen (secondary N) is 2. The van der Waals surface area contributed by atoms with E-state index in [0.717, 1.165) is 11.8 Å². The average Bonchev–Trinajstić information content (AvgIpc) is 2.74. The van der Waals surface area contributed by atoms with Crippen LogP contribution in [0.3, 0.4) is 0 Å². The highest BCUT2D eigenvalue weighted by molar-refractivity contribution is 6.31. The lowest BCUT2D eigenvalue weighted by molar-refractivity contribution is -0.111. The minimum absolute atomic E-state index is 0.203. The lowest BCUT2D eigenvalue weighted by Crippen LogP contribution is -2.24. The summed E-state index contributed by atoms with van der Waals surface area (Å²) in [6, 6.07) is 17.8. The number of fused-ring (bicyclic) bond motifs is 2. The van der Waals surface area contributed by atoms with Gasteiger partial charge in [0, 0.05) is 22.4 Å². The van der Waals surface area contributed by atoms with Crippen LogP contribution in [-0.2, 0) is 4.79 Å². The monoisotopic (exact) mass is 382 g/mol. The summed E-state index contributed by atoms with van der Waals surface area (Å²) in [6.45, 7) is 5.24. The molecule has 0 aliphatic heterocycles. The third-order valence-corrected chi connectivity index (χ3v) is 4.88. The first kappa shape index (κ1) is 18.4. The standard InChI is InChI=1S/C24H18N2O3/c1-3-19(27)26-18-13-14(2)20-21(22(18)25-15-9-5-4-6-10-15)24(29)17-12-8-7-11-16(17)23(20)28/h3-13,25H,1H2,2H3,(H,26,27). The summed E-state index contributed by atoms with van der Waals surface area (Å²) in [7, 11) is 0. The van der Waals surface area contributed by atoms with Gasteiger partial charge < -0.3 is 10.6 Å². The van der Waals surface area contributed by atoms with Crippen LogP contribution in [0.2, 0.25) is 0 Å². The van der Waals surface area contributed by atoms with Crippen molar-refractivity contribution >= 4 is 34.5 Å². The molecule has 0 atom stereocenters. The number of amides is 1. The molecule has 0 spiro atoms. The number of carbonyl (C=O) groups excluding carboxylic acids is 3. The first-order chi connectivity index (χ1) is 14.0. The smallest absolute Gasteiger partial charge is 0.247 e. The highest BCUT2D eigenvalue weighted by atomic mass is 16.2. The third kappa shape index (κ3) is 3.12. The summed E-state index contributed by atoms with van der Waals surface area (Å²) in [6.07, 6.45) is 1.16. The Kier molecular flexibility index (Phi) is 4.56. The summed E-state index contributed by atoms with van der Waals surface area (Å²) < 4.78 is 0. The fraction of sp³-hybridized carbons (Fsp3) is 0.0417. The second-order valence-electron chi connectivity index (χ2n) is 6.75. The molecule has 4 rings (SSSR count). The van der Waals surface area contributed by atoms with Crippen LogP contribution < -0.4 is 10.6 Å². The first-order valence-electron chi connectivity index (χ1n) is 9.12. The number of ketones is 2. The molecule has 0 fully saturated rings. The van der Waals surface area contributed by atoms with Crippen molar-refractivity contribution in [3.05, 3.63) is 101 Å². The Morgan fingerprint density at radius 3 is 2.10 bits per heavy atom. The average molecular weight is 382 g/mol. The van der Waals surface area contributed by atoms with Crippen LogP contribution >= 0.6 is 0 Å². The molecule has 5 heteroatoms. The van der Waals surface area contributed by atoms with Crippen molar-refractivity contribution in [2.75, 3.05) is 10.6 Å². The molecule has 29 heavy (non-hydrogen) atoms. The fourth-order valence-corrected chi connectivity index (χ4v) is 3.56. The number of hydrogen-bond acceptors (Lipinski definition) is 4. The number of carbonyl (C=O) groups is 3. The van der Waals surface area contributed by atoms with Gasteiger partial charge in [0.25, 0.3) is 0 Å². The second kappa shape index (κ2) is 7.20. The van der Waals surface area contributed by atoms with E-state index in [4.69, 9.17) is 0 Å². The van der Waals surface area contributed by atoms with Gasteiger partial charge in [-0.1, -0.05) is 49.0 Å². The van der Waals surface area contributed by atoms with Crippen LogP contribution in [0, 0.1) is 6.92 Å². The summed E-state index contributed by atoms with van der Waals surface area (Å²) in [5.41, 5.74) is 3.50. The van der Waals surface area contributed by atoms with E-state index in [9.17, 15) is 14.4 Å². The highest BCUT2D eigenvalue weighted by Gasteiger charge is 2.34. The van der Waals surface area contributed by atoms with E-state index < -0.39 is 5.91 Å². The molecule has 0 saturated heterocycles. The van der Waals surface area contributed by atoms with E-state index in [1.165, 1.54) is 0 Å². The van der Waals surface area contributed by atoms with Crippen LogP contribution in [0.25, 0.3) is 0 Å². The zero-order valence-electron chi connectivity index (χ0n) is 15.8. The van der Waals surface area contributed by atoms with Gasteiger partial charge in [-0.3, -0.25) is 14.4 Å². The van der Waals surface area contributed by atoms with Crippen LogP contribution in [-0.4, -0.2) is 17.5 Å². The lowest BCUT2D eigenvalue weighted by atomic mass is 9.80.